The molecule has 0 spiro atoms. The van der Waals surface area contributed by atoms with Gasteiger partial charge in [0, 0.05) is 34.8 Å². The van der Waals surface area contributed by atoms with Crippen LogP contribution in [-0.2, 0) is 6.54 Å². The van der Waals surface area contributed by atoms with Crippen molar-refractivity contribution in [2.45, 2.75) is 64.2 Å². The lowest BCUT2D eigenvalue weighted by Gasteiger charge is -2.46. The van der Waals surface area contributed by atoms with E-state index in [1.807, 2.05) is 6.20 Å². The van der Waals surface area contributed by atoms with E-state index in [9.17, 15) is 4.39 Å². The van der Waals surface area contributed by atoms with Gasteiger partial charge in [0.1, 0.15) is 5.82 Å². The topological polar surface area (TPSA) is 52.7 Å². The summed E-state index contributed by atoms with van der Waals surface area (Å²) in [6.45, 7) is 9.77. The van der Waals surface area contributed by atoms with Gasteiger partial charge in [-0.3, -0.25) is 5.10 Å². The third kappa shape index (κ3) is 4.02. The lowest BCUT2D eigenvalue weighted by atomic mass is 9.79. The van der Waals surface area contributed by atoms with E-state index in [1.54, 1.807) is 12.1 Å². The van der Waals surface area contributed by atoms with Crippen molar-refractivity contribution < 1.29 is 4.39 Å². The molecule has 0 aliphatic carbocycles. The first kappa shape index (κ1) is 17.1. The van der Waals surface area contributed by atoms with E-state index in [1.165, 1.54) is 12.1 Å². The Bertz CT molecular complexity index is 672. The van der Waals surface area contributed by atoms with Gasteiger partial charge >= 0.3 is 0 Å². The van der Waals surface area contributed by atoms with Gasteiger partial charge in [-0.25, -0.2) is 4.39 Å². The highest BCUT2D eigenvalue weighted by Crippen LogP contribution is 2.29. The maximum Gasteiger partial charge on any atom is 0.123 e. The van der Waals surface area contributed by atoms with Crippen LogP contribution >= 0.6 is 0 Å². The second-order valence-corrected chi connectivity index (χ2v) is 8.16. The van der Waals surface area contributed by atoms with Crippen LogP contribution in [0.1, 0.15) is 46.1 Å². The molecule has 1 aromatic heterocycles. The molecule has 5 heteroatoms. The Hall–Kier alpha value is -1.72. The molecular formula is C19H27FN4. The molecule has 24 heavy (non-hydrogen) atoms. The standard InChI is InChI=1S/C19H27FN4/c1-18(2)9-16(10-19(3,4)24-18)21-11-14-12-22-23-17(14)13-5-7-15(20)8-6-13/h5-8,12,16,21,24H,9-11H2,1-4H3,(H,22,23). The van der Waals surface area contributed by atoms with Crippen LogP contribution in [0.25, 0.3) is 11.3 Å². The fraction of sp³-hybridized carbons (Fsp3) is 0.526. The molecule has 0 radical (unpaired) electrons. The average molecular weight is 330 g/mol. The summed E-state index contributed by atoms with van der Waals surface area (Å²) in [4.78, 5) is 0. The lowest BCUT2D eigenvalue weighted by Crippen LogP contribution is -2.61. The molecule has 4 nitrogen and oxygen atoms in total. The molecule has 1 aliphatic rings. The summed E-state index contributed by atoms with van der Waals surface area (Å²) in [5.41, 5.74) is 3.26. The summed E-state index contributed by atoms with van der Waals surface area (Å²) < 4.78 is 13.1. The highest BCUT2D eigenvalue weighted by atomic mass is 19.1. The predicted molar refractivity (Wildman–Crippen MR) is 95.1 cm³/mol. The Morgan fingerprint density at radius 1 is 1.12 bits per heavy atom. The van der Waals surface area contributed by atoms with E-state index in [2.05, 4.69) is 48.5 Å². The molecule has 130 valence electrons. The Labute approximate surface area is 143 Å². The quantitative estimate of drug-likeness (QED) is 0.802. The van der Waals surface area contributed by atoms with Gasteiger partial charge < -0.3 is 10.6 Å². The molecule has 2 heterocycles. The van der Waals surface area contributed by atoms with Crippen molar-refractivity contribution in [2.75, 3.05) is 0 Å². The molecule has 0 saturated carbocycles. The molecule has 0 amide bonds. The van der Waals surface area contributed by atoms with Gasteiger partial charge in [-0.2, -0.15) is 5.10 Å². The molecule has 3 rings (SSSR count). The fourth-order valence-electron chi connectivity index (χ4n) is 4.03. The monoisotopic (exact) mass is 330 g/mol. The van der Waals surface area contributed by atoms with E-state index in [-0.39, 0.29) is 16.9 Å². The van der Waals surface area contributed by atoms with Crippen molar-refractivity contribution in [2.24, 2.45) is 0 Å². The molecule has 3 N–H and O–H groups in total. The van der Waals surface area contributed by atoms with Gasteiger partial charge in [-0.1, -0.05) is 0 Å². The van der Waals surface area contributed by atoms with Crippen molar-refractivity contribution in [3.05, 3.63) is 41.8 Å². The van der Waals surface area contributed by atoms with E-state index in [4.69, 9.17) is 0 Å². The molecule has 0 bridgehead atoms. The normalized spacial score (nSPS) is 20.2. The highest BCUT2D eigenvalue weighted by Gasteiger charge is 2.37. The van der Waals surface area contributed by atoms with Crippen LogP contribution in [0.5, 0.6) is 0 Å². The first-order valence-electron chi connectivity index (χ1n) is 8.55. The van der Waals surface area contributed by atoms with Gasteiger partial charge in [0.25, 0.3) is 0 Å². The average Bonchev–Trinajstić information content (AvgIpc) is 2.91. The SMILES string of the molecule is CC1(C)CC(NCc2cn[nH]c2-c2ccc(F)cc2)CC(C)(C)N1. The minimum Gasteiger partial charge on any atom is -0.310 e. The molecule has 1 saturated heterocycles. The van der Waals surface area contributed by atoms with Crippen LogP contribution in [0.3, 0.4) is 0 Å². The van der Waals surface area contributed by atoms with Crippen LogP contribution in [0.2, 0.25) is 0 Å². The third-order valence-corrected chi connectivity index (χ3v) is 4.62. The van der Waals surface area contributed by atoms with Crippen molar-refractivity contribution >= 4 is 0 Å². The summed E-state index contributed by atoms with van der Waals surface area (Å²) in [6.07, 6.45) is 4.02. The lowest BCUT2D eigenvalue weighted by molar-refractivity contribution is 0.145. The van der Waals surface area contributed by atoms with Gasteiger partial charge in [0.2, 0.25) is 0 Å². The van der Waals surface area contributed by atoms with E-state index < -0.39 is 0 Å². The minimum atomic E-state index is -0.225. The molecule has 1 aliphatic heterocycles. The number of nitrogens with zero attached hydrogens (tertiary/aromatic N) is 1. The van der Waals surface area contributed by atoms with Crippen molar-refractivity contribution in [1.29, 1.82) is 0 Å². The molecule has 2 aromatic rings. The number of hydrogen-bond donors (Lipinski definition) is 3. The van der Waals surface area contributed by atoms with Crippen LogP contribution in [0.15, 0.2) is 30.5 Å². The summed E-state index contributed by atoms with van der Waals surface area (Å²) in [5.74, 6) is -0.225. The highest BCUT2D eigenvalue weighted by molar-refractivity contribution is 5.62. The number of hydrogen-bond acceptors (Lipinski definition) is 3. The van der Waals surface area contributed by atoms with Crippen LogP contribution in [0.4, 0.5) is 4.39 Å². The summed E-state index contributed by atoms with van der Waals surface area (Å²) >= 11 is 0. The maximum absolute atomic E-state index is 13.1. The first-order valence-corrected chi connectivity index (χ1v) is 8.55. The van der Waals surface area contributed by atoms with E-state index >= 15 is 0 Å². The smallest absolute Gasteiger partial charge is 0.123 e. The Morgan fingerprint density at radius 2 is 1.75 bits per heavy atom. The fourth-order valence-corrected chi connectivity index (χ4v) is 4.03. The summed E-state index contributed by atoms with van der Waals surface area (Å²) in [7, 11) is 0. The number of rotatable bonds is 4. The van der Waals surface area contributed by atoms with Gasteiger partial charge in [0.05, 0.1) is 11.9 Å². The number of aromatic nitrogens is 2. The summed E-state index contributed by atoms with van der Waals surface area (Å²) in [6, 6.07) is 6.97. The number of aromatic amines is 1. The third-order valence-electron chi connectivity index (χ3n) is 4.62. The Morgan fingerprint density at radius 3 is 2.38 bits per heavy atom. The number of nitrogens with one attached hydrogen (secondary N) is 3. The maximum atomic E-state index is 13.1. The molecule has 1 aromatic carbocycles. The van der Waals surface area contributed by atoms with Crippen molar-refractivity contribution in [3.8, 4) is 11.3 Å². The number of benzene rings is 1. The number of H-pyrrole nitrogens is 1. The van der Waals surface area contributed by atoms with Gasteiger partial charge in [0.15, 0.2) is 0 Å². The van der Waals surface area contributed by atoms with Crippen LogP contribution in [-0.4, -0.2) is 27.3 Å². The van der Waals surface area contributed by atoms with Crippen molar-refractivity contribution in [3.63, 3.8) is 0 Å². The first-order chi connectivity index (χ1) is 11.2. The van der Waals surface area contributed by atoms with Gasteiger partial charge in [-0.15, -0.1) is 0 Å². The van der Waals surface area contributed by atoms with Gasteiger partial charge in [-0.05, 0) is 64.8 Å². The molecule has 1 fully saturated rings. The van der Waals surface area contributed by atoms with Crippen LogP contribution < -0.4 is 10.6 Å². The second kappa shape index (κ2) is 6.30. The zero-order chi connectivity index (χ0) is 17.4. The molecule has 0 atom stereocenters. The van der Waals surface area contributed by atoms with E-state index in [0.717, 1.165) is 36.2 Å². The molecule has 0 unspecified atom stereocenters. The zero-order valence-corrected chi connectivity index (χ0v) is 14.9. The summed E-state index contributed by atoms with van der Waals surface area (Å²) in [5, 5.41) is 14.6. The zero-order valence-electron chi connectivity index (χ0n) is 14.9. The molecular weight excluding hydrogens is 303 g/mol. The number of piperidine rings is 1. The largest absolute Gasteiger partial charge is 0.310 e. The van der Waals surface area contributed by atoms with Crippen LogP contribution in [0, 0.1) is 5.82 Å². The Balaban J connectivity index is 1.70. The second-order valence-electron chi connectivity index (χ2n) is 8.16. The van der Waals surface area contributed by atoms with E-state index in [0.29, 0.717) is 6.04 Å². The minimum absolute atomic E-state index is 0.121. The van der Waals surface area contributed by atoms with Crippen molar-refractivity contribution in [1.82, 2.24) is 20.8 Å². The Kier molecular flexibility index (Phi) is 4.49. The number of halogens is 1. The predicted octanol–water partition coefficient (Wildman–Crippen LogP) is 3.61.